The van der Waals surface area contributed by atoms with Gasteiger partial charge in [-0.1, -0.05) is 6.07 Å². The fourth-order valence-corrected chi connectivity index (χ4v) is 2.85. The lowest BCUT2D eigenvalue weighted by Crippen LogP contribution is -1.94. The Morgan fingerprint density at radius 2 is 2.09 bits per heavy atom. The molecule has 0 radical (unpaired) electrons. The highest BCUT2D eigenvalue weighted by Gasteiger charge is 2.23. The third kappa shape index (κ3) is 2.35. The Morgan fingerprint density at radius 3 is 2.91 bits per heavy atom. The minimum absolute atomic E-state index is 0.498. The van der Waals surface area contributed by atoms with E-state index in [1.165, 1.54) is 18.4 Å². The third-order valence-electron chi connectivity index (χ3n) is 4.21. The van der Waals surface area contributed by atoms with E-state index in [4.69, 9.17) is 5.26 Å². The van der Waals surface area contributed by atoms with Crippen LogP contribution in [0.2, 0.25) is 0 Å². The zero-order chi connectivity index (χ0) is 14.9. The second kappa shape index (κ2) is 5.27. The molecule has 0 bridgehead atoms. The van der Waals surface area contributed by atoms with Crippen molar-refractivity contribution in [2.45, 2.75) is 31.7 Å². The maximum absolute atomic E-state index is 8.71. The molecule has 4 nitrogen and oxygen atoms in total. The Morgan fingerprint density at radius 1 is 1.18 bits per heavy atom. The fourth-order valence-electron chi connectivity index (χ4n) is 2.85. The average Bonchev–Trinajstić information content (AvgIpc) is 3.34. The Bertz CT molecular complexity index is 868. The minimum atomic E-state index is 0.498. The summed E-state index contributed by atoms with van der Waals surface area (Å²) in [5.74, 6) is 0.732. The Labute approximate surface area is 129 Å². The first-order chi connectivity index (χ1) is 10.8. The number of benzene rings is 1. The van der Waals surface area contributed by atoms with E-state index in [0.717, 1.165) is 28.2 Å². The molecule has 22 heavy (non-hydrogen) atoms. The number of nitrogens with zero attached hydrogens (tertiary/aromatic N) is 4. The molecule has 0 atom stereocenters. The highest BCUT2D eigenvalue weighted by atomic mass is 15.0. The number of fused-ring (bicyclic) bond motifs is 1. The van der Waals surface area contributed by atoms with Crippen LogP contribution >= 0.6 is 0 Å². The zero-order valence-corrected chi connectivity index (χ0v) is 12.2. The van der Waals surface area contributed by atoms with E-state index in [1.807, 2.05) is 10.8 Å². The van der Waals surface area contributed by atoms with Crippen LogP contribution in [-0.4, -0.2) is 14.5 Å². The van der Waals surface area contributed by atoms with E-state index >= 15 is 0 Å². The van der Waals surface area contributed by atoms with Crippen LogP contribution in [0.25, 0.3) is 22.3 Å². The van der Waals surface area contributed by atoms with Crippen molar-refractivity contribution in [1.82, 2.24) is 14.5 Å². The first-order valence-corrected chi connectivity index (χ1v) is 7.63. The zero-order valence-electron chi connectivity index (χ0n) is 12.2. The predicted molar refractivity (Wildman–Crippen MR) is 85.2 cm³/mol. The number of pyridine rings is 1. The molecular weight excluding hydrogens is 272 g/mol. The largest absolute Gasteiger partial charge is 0.330 e. The molecule has 4 heteroatoms. The Balaban J connectivity index is 1.70. The summed E-state index contributed by atoms with van der Waals surface area (Å²) < 4.78 is 2.02. The highest BCUT2D eigenvalue weighted by molar-refractivity contribution is 5.81. The number of hydrogen-bond donors (Lipinski definition) is 0. The minimum Gasteiger partial charge on any atom is -0.330 e. The fraction of sp³-hybridized carbons (Fsp3) is 0.278. The molecule has 3 aromatic rings. The maximum atomic E-state index is 8.71. The molecule has 1 aliphatic carbocycles. The molecule has 0 unspecified atom stereocenters. The summed E-state index contributed by atoms with van der Waals surface area (Å²) >= 11 is 0. The van der Waals surface area contributed by atoms with E-state index in [9.17, 15) is 0 Å². The summed E-state index contributed by atoms with van der Waals surface area (Å²) in [5.41, 5.74) is 5.52. The van der Waals surface area contributed by atoms with E-state index in [1.54, 1.807) is 6.33 Å². The van der Waals surface area contributed by atoms with Crippen LogP contribution < -0.4 is 0 Å². The van der Waals surface area contributed by atoms with Gasteiger partial charge in [-0.15, -0.1) is 0 Å². The van der Waals surface area contributed by atoms with Crippen LogP contribution in [0.5, 0.6) is 0 Å². The van der Waals surface area contributed by atoms with E-state index in [2.05, 4.69) is 46.4 Å². The van der Waals surface area contributed by atoms with Crippen LogP contribution in [0.3, 0.4) is 0 Å². The van der Waals surface area contributed by atoms with Gasteiger partial charge < -0.3 is 4.57 Å². The van der Waals surface area contributed by atoms with Gasteiger partial charge in [0.25, 0.3) is 0 Å². The average molecular weight is 288 g/mol. The normalized spacial score (nSPS) is 14.1. The molecular formula is C18H16N4. The molecule has 0 spiro atoms. The lowest BCUT2D eigenvalue weighted by Gasteiger charge is -2.05. The quantitative estimate of drug-likeness (QED) is 0.732. The Hall–Kier alpha value is -2.67. The van der Waals surface area contributed by atoms with Gasteiger partial charge in [0.1, 0.15) is 0 Å². The van der Waals surface area contributed by atoms with Crippen LogP contribution in [-0.2, 0) is 6.54 Å². The molecule has 1 aliphatic rings. The molecule has 0 amide bonds. The number of imidazole rings is 1. The molecule has 0 aliphatic heterocycles. The number of aryl methyl sites for hydroxylation is 1. The molecule has 0 N–H and O–H groups in total. The smallest absolute Gasteiger partial charge is 0.0958 e. The molecule has 108 valence electrons. The van der Waals surface area contributed by atoms with Crippen LogP contribution in [0.1, 0.15) is 30.7 Å². The Kier molecular flexibility index (Phi) is 3.12. The summed E-state index contributed by atoms with van der Waals surface area (Å²) in [5, 5.41) is 8.71. The first-order valence-electron chi connectivity index (χ1n) is 7.63. The molecule has 0 saturated heterocycles. The van der Waals surface area contributed by atoms with Crippen molar-refractivity contribution in [3.8, 4) is 17.3 Å². The highest BCUT2D eigenvalue weighted by Crippen LogP contribution is 2.40. The standard InChI is InChI=1S/C18H16N4/c19-7-1-9-22-12-21-17-11-15(4-5-18(17)22)16-10-14(6-8-20-16)13-2-3-13/h4-6,8,10-13H,1-3,9H2. The van der Waals surface area contributed by atoms with Gasteiger partial charge >= 0.3 is 0 Å². The van der Waals surface area contributed by atoms with E-state index in [-0.39, 0.29) is 0 Å². The van der Waals surface area contributed by atoms with Crippen molar-refractivity contribution >= 4 is 11.0 Å². The van der Waals surface area contributed by atoms with Gasteiger partial charge in [-0.25, -0.2) is 4.98 Å². The first kappa shape index (κ1) is 13.0. The lowest BCUT2D eigenvalue weighted by atomic mass is 10.1. The topological polar surface area (TPSA) is 54.5 Å². The van der Waals surface area contributed by atoms with E-state index in [0.29, 0.717) is 13.0 Å². The van der Waals surface area contributed by atoms with Crippen LogP contribution in [0.15, 0.2) is 42.9 Å². The number of rotatable bonds is 4. The van der Waals surface area contributed by atoms with Gasteiger partial charge in [-0.2, -0.15) is 5.26 Å². The molecule has 1 aromatic carbocycles. The second-order valence-corrected chi connectivity index (χ2v) is 5.80. The predicted octanol–water partition coefficient (Wildman–Crippen LogP) is 3.89. The van der Waals surface area contributed by atoms with Crippen molar-refractivity contribution in [2.75, 3.05) is 0 Å². The van der Waals surface area contributed by atoms with Crippen molar-refractivity contribution < 1.29 is 0 Å². The second-order valence-electron chi connectivity index (χ2n) is 5.80. The van der Waals surface area contributed by atoms with Crippen molar-refractivity contribution in [1.29, 1.82) is 5.26 Å². The van der Waals surface area contributed by atoms with Crippen molar-refractivity contribution in [2.24, 2.45) is 0 Å². The summed E-state index contributed by atoms with van der Waals surface area (Å²) in [4.78, 5) is 8.96. The van der Waals surface area contributed by atoms with E-state index < -0.39 is 0 Å². The lowest BCUT2D eigenvalue weighted by molar-refractivity contribution is 0.736. The van der Waals surface area contributed by atoms with Gasteiger partial charge in [0.15, 0.2) is 0 Å². The van der Waals surface area contributed by atoms with Crippen molar-refractivity contribution in [3.63, 3.8) is 0 Å². The van der Waals surface area contributed by atoms with Crippen molar-refractivity contribution in [3.05, 3.63) is 48.4 Å². The van der Waals surface area contributed by atoms with Gasteiger partial charge in [0.2, 0.25) is 0 Å². The van der Waals surface area contributed by atoms with Gasteiger partial charge in [0, 0.05) is 18.3 Å². The molecule has 2 heterocycles. The summed E-state index contributed by atoms with van der Waals surface area (Å²) in [7, 11) is 0. The van der Waals surface area contributed by atoms with Gasteiger partial charge in [0.05, 0.1) is 35.5 Å². The van der Waals surface area contributed by atoms with Gasteiger partial charge in [-0.3, -0.25) is 4.98 Å². The summed E-state index contributed by atoms with van der Waals surface area (Å²) in [6.45, 7) is 0.682. The monoisotopic (exact) mass is 288 g/mol. The number of hydrogen-bond acceptors (Lipinski definition) is 3. The molecule has 1 fully saturated rings. The summed E-state index contributed by atoms with van der Waals surface area (Å²) in [6.07, 6.45) is 6.80. The molecule has 4 rings (SSSR count). The third-order valence-corrected chi connectivity index (χ3v) is 4.21. The molecule has 2 aromatic heterocycles. The number of nitriles is 1. The number of aromatic nitrogens is 3. The van der Waals surface area contributed by atoms with Crippen LogP contribution in [0, 0.1) is 11.3 Å². The maximum Gasteiger partial charge on any atom is 0.0958 e. The SMILES string of the molecule is N#CCCn1cnc2cc(-c3cc(C4CC4)ccn3)ccc21. The van der Waals surface area contributed by atoms with Crippen LogP contribution in [0.4, 0.5) is 0 Å². The summed E-state index contributed by atoms with van der Waals surface area (Å²) in [6, 6.07) is 12.7. The molecule has 1 saturated carbocycles. The van der Waals surface area contributed by atoms with Gasteiger partial charge in [-0.05, 0) is 48.6 Å².